The number of ether oxygens (including phenoxy) is 1. The van der Waals surface area contributed by atoms with Crippen molar-refractivity contribution in [2.24, 2.45) is 11.3 Å². The number of piperidine rings is 1. The van der Waals surface area contributed by atoms with Crippen LogP contribution in [-0.4, -0.2) is 60.0 Å². The van der Waals surface area contributed by atoms with Crippen LogP contribution in [-0.2, 0) is 6.42 Å². The number of para-hydroxylation sites is 1. The van der Waals surface area contributed by atoms with Gasteiger partial charge < -0.3 is 14.6 Å². The van der Waals surface area contributed by atoms with Crippen molar-refractivity contribution < 1.29 is 9.53 Å². The first-order valence-electron chi connectivity index (χ1n) is 13.0. The van der Waals surface area contributed by atoms with Crippen LogP contribution in [0.25, 0.3) is 0 Å². The Morgan fingerprint density at radius 1 is 1.03 bits per heavy atom. The van der Waals surface area contributed by atoms with Gasteiger partial charge in [0.25, 0.3) is 5.91 Å². The Hall–Kier alpha value is -2.60. The Balaban J connectivity index is 1.28. The molecule has 34 heavy (non-hydrogen) atoms. The number of hydrogen-bond acceptors (Lipinski definition) is 4. The van der Waals surface area contributed by atoms with E-state index in [9.17, 15) is 9.59 Å². The summed E-state index contributed by atoms with van der Waals surface area (Å²) in [4.78, 5) is 31.6. The number of pyridine rings is 1. The number of likely N-dealkylation sites (tertiary alicyclic amines) is 1. The van der Waals surface area contributed by atoms with E-state index in [0.29, 0.717) is 5.56 Å². The number of hydrogen-bond donors (Lipinski definition) is 1. The van der Waals surface area contributed by atoms with Crippen molar-refractivity contribution in [3.8, 4) is 5.75 Å². The zero-order valence-corrected chi connectivity index (χ0v) is 20.1. The third kappa shape index (κ3) is 5.72. The number of aromatic amines is 1. The normalized spacial score (nSPS) is 21.7. The molecule has 2 fully saturated rings. The van der Waals surface area contributed by atoms with Crippen LogP contribution in [0.2, 0.25) is 0 Å². The summed E-state index contributed by atoms with van der Waals surface area (Å²) in [6.45, 7) is 5.55. The molecule has 5 rings (SSSR count). The molecular weight excluding hydrogens is 426 g/mol. The highest BCUT2D eigenvalue weighted by Gasteiger charge is 2.38. The molecule has 0 bridgehead atoms. The van der Waals surface area contributed by atoms with Gasteiger partial charge in [0.2, 0.25) is 5.56 Å². The Kier molecular flexibility index (Phi) is 7.05. The number of fused-ring (bicyclic) bond motifs is 1. The molecule has 1 spiro atoms. The maximum Gasteiger partial charge on any atom is 0.255 e. The standard InChI is InChI=1S/C28H37N3O3/c32-26-11-10-24(19-29-26)27(33)31-15-13-28(14-16-31)12-4-3-6-23-5-1-2-7-25(23)34-18-17-30(21-28)20-22-8-9-22/h1-2,5,7,10-11,19,22H,3-4,6,8-9,12-18,20-21H2,(H,29,32). The predicted octanol–water partition coefficient (Wildman–Crippen LogP) is 4.11. The quantitative estimate of drug-likeness (QED) is 0.744. The summed E-state index contributed by atoms with van der Waals surface area (Å²) < 4.78 is 6.25. The van der Waals surface area contributed by atoms with Gasteiger partial charge in [0.05, 0.1) is 5.56 Å². The number of aryl methyl sites for hydroxylation is 1. The highest BCUT2D eigenvalue weighted by Crippen LogP contribution is 2.40. The molecule has 2 aliphatic heterocycles. The van der Waals surface area contributed by atoms with Gasteiger partial charge in [-0.25, -0.2) is 0 Å². The molecule has 1 N–H and O–H groups in total. The molecule has 3 heterocycles. The third-order valence-electron chi connectivity index (χ3n) is 7.96. The number of carbonyl (C=O) groups is 1. The summed E-state index contributed by atoms with van der Waals surface area (Å²) in [5.74, 6) is 1.93. The second kappa shape index (κ2) is 10.3. The molecule has 1 saturated carbocycles. The molecule has 6 heteroatoms. The topological polar surface area (TPSA) is 65.6 Å². The number of carbonyl (C=O) groups excluding carboxylic acids is 1. The molecule has 3 aliphatic rings. The second-order valence-corrected chi connectivity index (χ2v) is 10.6. The van der Waals surface area contributed by atoms with Crippen molar-refractivity contribution in [2.75, 3.05) is 39.3 Å². The van der Waals surface area contributed by atoms with Gasteiger partial charge in [0.1, 0.15) is 12.4 Å². The van der Waals surface area contributed by atoms with Crippen LogP contribution in [0.4, 0.5) is 0 Å². The molecule has 0 unspecified atom stereocenters. The van der Waals surface area contributed by atoms with E-state index >= 15 is 0 Å². The highest BCUT2D eigenvalue weighted by atomic mass is 16.5. The average Bonchev–Trinajstić information content (AvgIpc) is 3.66. The predicted molar refractivity (Wildman–Crippen MR) is 133 cm³/mol. The van der Waals surface area contributed by atoms with Crippen LogP contribution < -0.4 is 10.3 Å². The number of aromatic nitrogens is 1. The van der Waals surface area contributed by atoms with Crippen LogP contribution in [0.5, 0.6) is 5.75 Å². The van der Waals surface area contributed by atoms with Crippen molar-refractivity contribution in [1.82, 2.24) is 14.8 Å². The van der Waals surface area contributed by atoms with Crippen LogP contribution in [0, 0.1) is 11.3 Å². The first-order valence-corrected chi connectivity index (χ1v) is 13.0. The molecule has 0 radical (unpaired) electrons. The Morgan fingerprint density at radius 3 is 2.62 bits per heavy atom. The highest BCUT2D eigenvalue weighted by molar-refractivity contribution is 5.93. The van der Waals surface area contributed by atoms with Crippen molar-refractivity contribution in [3.05, 3.63) is 64.1 Å². The minimum absolute atomic E-state index is 0.0269. The lowest BCUT2D eigenvalue weighted by molar-refractivity contribution is 0.0368. The average molecular weight is 464 g/mol. The second-order valence-electron chi connectivity index (χ2n) is 10.6. The van der Waals surface area contributed by atoms with Crippen LogP contribution in [0.3, 0.4) is 0 Å². The number of nitrogens with one attached hydrogen (secondary N) is 1. The lowest BCUT2D eigenvalue weighted by atomic mass is 9.73. The van der Waals surface area contributed by atoms with Crippen LogP contribution in [0.1, 0.15) is 60.9 Å². The van der Waals surface area contributed by atoms with Gasteiger partial charge in [-0.3, -0.25) is 14.5 Å². The van der Waals surface area contributed by atoms with E-state index in [-0.39, 0.29) is 16.9 Å². The molecule has 2 aromatic rings. The molecule has 1 saturated heterocycles. The SMILES string of the molecule is O=C(c1ccc(=O)[nH]c1)N1CCC2(CCCCc3ccccc3OCCN(CC3CC3)C2)CC1. The van der Waals surface area contributed by atoms with Crippen LogP contribution >= 0.6 is 0 Å². The van der Waals surface area contributed by atoms with Crippen molar-refractivity contribution in [2.45, 2.75) is 51.4 Å². The number of nitrogens with zero attached hydrogens (tertiary/aromatic N) is 2. The first kappa shape index (κ1) is 23.2. The molecule has 0 atom stereocenters. The van der Waals surface area contributed by atoms with E-state index < -0.39 is 0 Å². The van der Waals surface area contributed by atoms with Crippen molar-refractivity contribution in [3.63, 3.8) is 0 Å². The lowest BCUT2D eigenvalue weighted by Gasteiger charge is -2.45. The fourth-order valence-corrected chi connectivity index (χ4v) is 5.72. The summed E-state index contributed by atoms with van der Waals surface area (Å²) in [6, 6.07) is 11.6. The van der Waals surface area contributed by atoms with E-state index in [1.807, 2.05) is 4.90 Å². The number of H-pyrrole nitrogens is 1. The molecule has 1 aromatic carbocycles. The molecular formula is C28H37N3O3. The molecule has 1 amide bonds. The van der Waals surface area contributed by atoms with E-state index in [1.54, 1.807) is 12.3 Å². The zero-order valence-electron chi connectivity index (χ0n) is 20.1. The Labute approximate surface area is 202 Å². The maximum absolute atomic E-state index is 13.0. The smallest absolute Gasteiger partial charge is 0.255 e. The van der Waals surface area contributed by atoms with Gasteiger partial charge in [-0.05, 0) is 74.0 Å². The van der Waals surface area contributed by atoms with Gasteiger partial charge in [-0.1, -0.05) is 24.6 Å². The van der Waals surface area contributed by atoms with Gasteiger partial charge >= 0.3 is 0 Å². The van der Waals surface area contributed by atoms with Crippen molar-refractivity contribution in [1.29, 1.82) is 0 Å². The maximum atomic E-state index is 13.0. The summed E-state index contributed by atoms with van der Waals surface area (Å²) in [7, 11) is 0. The number of amides is 1. The molecule has 6 nitrogen and oxygen atoms in total. The monoisotopic (exact) mass is 463 g/mol. The Morgan fingerprint density at radius 2 is 1.85 bits per heavy atom. The van der Waals surface area contributed by atoms with Gasteiger partial charge in [0.15, 0.2) is 0 Å². The number of rotatable bonds is 3. The zero-order chi connectivity index (χ0) is 23.4. The minimum atomic E-state index is -0.176. The van der Waals surface area contributed by atoms with E-state index in [1.165, 1.54) is 50.3 Å². The fourth-order valence-electron chi connectivity index (χ4n) is 5.72. The Bertz CT molecular complexity index is 1020. The van der Waals surface area contributed by atoms with Crippen molar-refractivity contribution >= 4 is 5.91 Å². The third-order valence-corrected chi connectivity index (χ3v) is 7.96. The lowest BCUT2D eigenvalue weighted by Crippen LogP contribution is -2.49. The summed E-state index contributed by atoms with van der Waals surface area (Å²) in [5, 5.41) is 0. The summed E-state index contributed by atoms with van der Waals surface area (Å²) in [6.07, 6.45) is 11.0. The summed E-state index contributed by atoms with van der Waals surface area (Å²) >= 11 is 0. The molecule has 1 aliphatic carbocycles. The van der Waals surface area contributed by atoms with Gasteiger partial charge in [-0.2, -0.15) is 0 Å². The molecule has 1 aromatic heterocycles. The largest absolute Gasteiger partial charge is 0.492 e. The minimum Gasteiger partial charge on any atom is -0.492 e. The summed E-state index contributed by atoms with van der Waals surface area (Å²) in [5.41, 5.74) is 1.98. The van der Waals surface area contributed by atoms with E-state index in [4.69, 9.17) is 4.74 Å². The van der Waals surface area contributed by atoms with E-state index in [2.05, 4.69) is 34.1 Å². The van der Waals surface area contributed by atoms with Crippen LogP contribution in [0.15, 0.2) is 47.4 Å². The number of benzene rings is 1. The van der Waals surface area contributed by atoms with E-state index in [0.717, 1.165) is 63.7 Å². The molecule has 182 valence electrons. The van der Waals surface area contributed by atoms with Gasteiger partial charge in [-0.15, -0.1) is 0 Å². The van der Waals surface area contributed by atoms with Gasteiger partial charge in [0, 0.05) is 45.0 Å². The fraction of sp³-hybridized carbons (Fsp3) is 0.571. The first-order chi connectivity index (χ1) is 16.6.